The van der Waals surface area contributed by atoms with Crippen LogP contribution < -0.4 is 10.6 Å². The van der Waals surface area contributed by atoms with Gasteiger partial charge in [0.2, 0.25) is 0 Å². The maximum atomic E-state index is 12.1. The van der Waals surface area contributed by atoms with Crippen LogP contribution in [0.2, 0.25) is 0 Å². The van der Waals surface area contributed by atoms with E-state index in [-0.39, 0.29) is 6.03 Å². The highest BCUT2D eigenvalue weighted by atomic mass is 16.2. The van der Waals surface area contributed by atoms with Gasteiger partial charge in [-0.3, -0.25) is 4.98 Å². The summed E-state index contributed by atoms with van der Waals surface area (Å²) in [5, 5.41) is 5.68. The molecule has 1 aromatic carbocycles. The zero-order valence-electron chi connectivity index (χ0n) is 15.0. The van der Waals surface area contributed by atoms with Gasteiger partial charge in [-0.05, 0) is 29.8 Å². The molecule has 2 aromatic heterocycles. The molecule has 0 aliphatic rings. The smallest absolute Gasteiger partial charge is 0.319 e. The highest BCUT2D eigenvalue weighted by Gasteiger charge is 2.08. The second-order valence-electron chi connectivity index (χ2n) is 6.40. The van der Waals surface area contributed by atoms with Crippen LogP contribution >= 0.6 is 0 Å². The number of rotatable bonds is 6. The Labute approximate surface area is 153 Å². The van der Waals surface area contributed by atoms with Crippen molar-refractivity contribution in [1.29, 1.82) is 0 Å². The van der Waals surface area contributed by atoms with Gasteiger partial charge < -0.3 is 15.2 Å². The molecule has 134 valence electrons. The molecule has 2 N–H and O–H groups in total. The van der Waals surface area contributed by atoms with E-state index in [1.165, 1.54) is 0 Å². The van der Waals surface area contributed by atoms with Crippen molar-refractivity contribution in [2.75, 3.05) is 5.32 Å². The molecule has 2 amide bonds. The Balaban J connectivity index is 1.60. The van der Waals surface area contributed by atoms with Gasteiger partial charge in [-0.2, -0.15) is 0 Å². The zero-order chi connectivity index (χ0) is 18.4. The van der Waals surface area contributed by atoms with Crippen LogP contribution in [0.5, 0.6) is 0 Å². The lowest BCUT2D eigenvalue weighted by Crippen LogP contribution is -2.28. The lowest BCUT2D eigenvalue weighted by molar-refractivity contribution is 0.251. The van der Waals surface area contributed by atoms with Crippen molar-refractivity contribution in [2.45, 2.75) is 32.9 Å². The fourth-order valence-electron chi connectivity index (χ4n) is 2.75. The fourth-order valence-corrected chi connectivity index (χ4v) is 2.75. The van der Waals surface area contributed by atoms with Crippen LogP contribution in [0.1, 0.15) is 36.8 Å². The minimum atomic E-state index is -0.252. The van der Waals surface area contributed by atoms with E-state index in [1.807, 2.05) is 54.9 Å². The van der Waals surface area contributed by atoms with Gasteiger partial charge in [0.05, 0.1) is 12.2 Å². The molecule has 0 spiro atoms. The van der Waals surface area contributed by atoms with Gasteiger partial charge in [-0.15, -0.1) is 0 Å². The van der Waals surface area contributed by atoms with Crippen LogP contribution in [0.25, 0.3) is 0 Å². The van der Waals surface area contributed by atoms with Gasteiger partial charge >= 0.3 is 6.03 Å². The molecule has 0 saturated heterocycles. The molecule has 3 rings (SSSR count). The van der Waals surface area contributed by atoms with Crippen molar-refractivity contribution >= 4 is 11.7 Å². The quantitative estimate of drug-likeness (QED) is 0.711. The standard InChI is InChI=1S/C20H23N5O/c1-15(2)19-22-10-11-25(19)14-16-6-5-8-17(12-16)24-20(26)23-13-18-7-3-4-9-21-18/h3-12,15H,13-14H2,1-2H3,(H2,23,24,26). The third-order valence-electron chi connectivity index (χ3n) is 3.96. The molecular formula is C20H23N5O. The van der Waals surface area contributed by atoms with Crippen LogP contribution in [-0.4, -0.2) is 20.6 Å². The van der Waals surface area contributed by atoms with Crippen molar-refractivity contribution in [2.24, 2.45) is 0 Å². The highest BCUT2D eigenvalue weighted by Crippen LogP contribution is 2.16. The van der Waals surface area contributed by atoms with Crippen molar-refractivity contribution in [3.8, 4) is 0 Å². The van der Waals surface area contributed by atoms with Crippen LogP contribution in [0.3, 0.4) is 0 Å². The average molecular weight is 349 g/mol. The Bertz CT molecular complexity index is 857. The molecule has 0 fully saturated rings. The first-order valence-electron chi connectivity index (χ1n) is 8.66. The summed E-state index contributed by atoms with van der Waals surface area (Å²) in [6.45, 7) is 5.36. The van der Waals surface area contributed by atoms with E-state index in [2.05, 4.69) is 39.0 Å². The van der Waals surface area contributed by atoms with E-state index in [1.54, 1.807) is 6.20 Å². The number of benzene rings is 1. The average Bonchev–Trinajstić information content (AvgIpc) is 3.09. The number of imidazole rings is 1. The summed E-state index contributed by atoms with van der Waals surface area (Å²) >= 11 is 0. The first-order chi connectivity index (χ1) is 12.6. The van der Waals surface area contributed by atoms with Crippen LogP contribution in [0.15, 0.2) is 61.1 Å². The van der Waals surface area contributed by atoms with E-state index in [4.69, 9.17) is 0 Å². The second-order valence-corrected chi connectivity index (χ2v) is 6.40. The zero-order valence-corrected chi connectivity index (χ0v) is 15.0. The first-order valence-corrected chi connectivity index (χ1v) is 8.66. The lowest BCUT2D eigenvalue weighted by atomic mass is 10.1. The first kappa shape index (κ1) is 17.7. The van der Waals surface area contributed by atoms with Crippen molar-refractivity contribution in [3.63, 3.8) is 0 Å². The van der Waals surface area contributed by atoms with Gasteiger partial charge in [0, 0.05) is 36.7 Å². The summed E-state index contributed by atoms with van der Waals surface area (Å²) in [5.41, 5.74) is 2.68. The highest BCUT2D eigenvalue weighted by molar-refractivity contribution is 5.89. The maximum Gasteiger partial charge on any atom is 0.319 e. The number of carbonyl (C=O) groups is 1. The number of amides is 2. The summed E-state index contributed by atoms with van der Waals surface area (Å²) in [6.07, 6.45) is 5.51. The lowest BCUT2D eigenvalue weighted by Gasteiger charge is -2.12. The molecule has 0 aliphatic carbocycles. The summed E-state index contributed by atoms with van der Waals surface area (Å²) < 4.78 is 2.13. The predicted octanol–water partition coefficient (Wildman–Crippen LogP) is 3.77. The van der Waals surface area contributed by atoms with E-state index >= 15 is 0 Å². The van der Waals surface area contributed by atoms with Crippen molar-refractivity contribution < 1.29 is 4.79 Å². The number of hydrogen-bond donors (Lipinski definition) is 2. The Morgan fingerprint density at radius 2 is 2.00 bits per heavy atom. The number of nitrogens with zero attached hydrogens (tertiary/aromatic N) is 3. The predicted molar refractivity (Wildman–Crippen MR) is 102 cm³/mol. The molecule has 26 heavy (non-hydrogen) atoms. The largest absolute Gasteiger partial charge is 0.332 e. The van der Waals surface area contributed by atoms with E-state index in [0.29, 0.717) is 12.5 Å². The minimum Gasteiger partial charge on any atom is -0.332 e. The Hall–Kier alpha value is -3.15. The van der Waals surface area contributed by atoms with E-state index in [9.17, 15) is 4.79 Å². The summed E-state index contributed by atoms with van der Waals surface area (Å²) in [7, 11) is 0. The molecule has 2 heterocycles. The maximum absolute atomic E-state index is 12.1. The van der Waals surface area contributed by atoms with E-state index in [0.717, 1.165) is 29.3 Å². The van der Waals surface area contributed by atoms with Crippen molar-refractivity contribution in [3.05, 3.63) is 78.1 Å². The molecule has 0 aliphatic heterocycles. The number of nitrogens with one attached hydrogen (secondary N) is 2. The van der Waals surface area contributed by atoms with Crippen LogP contribution in [0, 0.1) is 0 Å². The molecule has 0 atom stereocenters. The van der Waals surface area contributed by atoms with Gasteiger partial charge in [-0.1, -0.05) is 32.0 Å². The monoisotopic (exact) mass is 349 g/mol. The molecule has 0 unspecified atom stereocenters. The molecule has 0 saturated carbocycles. The normalized spacial score (nSPS) is 10.7. The fraction of sp³-hybridized carbons (Fsp3) is 0.250. The molecular weight excluding hydrogens is 326 g/mol. The molecule has 0 radical (unpaired) electrons. The van der Waals surface area contributed by atoms with Crippen LogP contribution in [0.4, 0.5) is 10.5 Å². The van der Waals surface area contributed by atoms with Gasteiger partial charge in [0.15, 0.2) is 0 Å². The second kappa shape index (κ2) is 8.29. The molecule has 6 heteroatoms. The number of hydrogen-bond acceptors (Lipinski definition) is 3. The molecule has 6 nitrogen and oxygen atoms in total. The van der Waals surface area contributed by atoms with E-state index < -0.39 is 0 Å². The van der Waals surface area contributed by atoms with Gasteiger partial charge in [0.1, 0.15) is 5.82 Å². The summed E-state index contributed by atoms with van der Waals surface area (Å²) in [5.74, 6) is 1.42. The Morgan fingerprint density at radius 1 is 1.12 bits per heavy atom. The minimum absolute atomic E-state index is 0.252. The number of anilines is 1. The number of urea groups is 1. The SMILES string of the molecule is CC(C)c1nccn1Cc1cccc(NC(=O)NCc2ccccn2)c1. The Morgan fingerprint density at radius 3 is 2.77 bits per heavy atom. The topological polar surface area (TPSA) is 71.8 Å². The molecule has 3 aromatic rings. The number of aromatic nitrogens is 3. The van der Waals surface area contributed by atoms with Gasteiger partial charge in [-0.25, -0.2) is 9.78 Å². The molecule has 0 bridgehead atoms. The third kappa shape index (κ3) is 4.69. The summed E-state index contributed by atoms with van der Waals surface area (Å²) in [4.78, 5) is 20.7. The third-order valence-corrected chi connectivity index (χ3v) is 3.96. The summed E-state index contributed by atoms with van der Waals surface area (Å²) in [6, 6.07) is 13.2. The van der Waals surface area contributed by atoms with Crippen molar-refractivity contribution in [1.82, 2.24) is 19.9 Å². The number of pyridine rings is 1. The number of carbonyl (C=O) groups excluding carboxylic acids is 1. The van der Waals surface area contributed by atoms with Gasteiger partial charge in [0.25, 0.3) is 0 Å². The Kier molecular flexibility index (Phi) is 5.63. The van der Waals surface area contributed by atoms with Crippen LogP contribution in [-0.2, 0) is 13.1 Å².